The average Bonchev–Trinajstić information content (AvgIpc) is 2.53. The molecule has 1 atom stereocenters. The molecule has 0 aromatic rings. The molecule has 0 aromatic carbocycles. The van der Waals surface area contributed by atoms with E-state index in [4.69, 9.17) is 16.3 Å². The van der Waals surface area contributed by atoms with Crippen LogP contribution in [0.3, 0.4) is 0 Å². The van der Waals surface area contributed by atoms with Crippen molar-refractivity contribution in [1.29, 1.82) is 0 Å². The molecule has 0 bridgehead atoms. The van der Waals surface area contributed by atoms with Gasteiger partial charge in [-0.3, -0.25) is 4.99 Å². The van der Waals surface area contributed by atoms with Gasteiger partial charge in [0, 0.05) is 19.6 Å². The Morgan fingerprint density at radius 3 is 2.86 bits per heavy atom. The third-order valence-electron chi connectivity index (χ3n) is 3.87. The minimum atomic E-state index is -0.444. The molecule has 1 amide bonds. The number of hydrogen-bond acceptors (Lipinski definition) is 3. The summed E-state index contributed by atoms with van der Waals surface area (Å²) in [6, 6.07) is 0. The number of rotatable bonds is 0. The quantitative estimate of drug-likeness (QED) is 0.678. The predicted octanol–water partition coefficient (Wildman–Crippen LogP) is 3.99. The van der Waals surface area contributed by atoms with E-state index < -0.39 is 5.60 Å². The number of aliphatic imine (C=N–C) groups is 1. The summed E-state index contributed by atoms with van der Waals surface area (Å²) in [6.07, 6.45) is 5.82. The van der Waals surface area contributed by atoms with Crippen LogP contribution >= 0.6 is 11.6 Å². The molecule has 1 saturated heterocycles. The Hall–Kier alpha value is -1.03. The summed E-state index contributed by atoms with van der Waals surface area (Å²) in [5, 5.41) is 0.598. The molecule has 0 radical (unpaired) electrons. The molecule has 4 nitrogen and oxygen atoms in total. The molecule has 2 heterocycles. The van der Waals surface area contributed by atoms with Crippen LogP contribution in [0.25, 0.3) is 0 Å². The second-order valence-corrected chi connectivity index (χ2v) is 7.16. The Morgan fingerprint density at radius 1 is 1.38 bits per heavy atom. The molecule has 2 aliphatic heterocycles. The third kappa shape index (κ3) is 5.03. The monoisotopic (exact) mass is 312 g/mol. The van der Waals surface area contributed by atoms with Crippen LogP contribution in [0, 0.1) is 5.92 Å². The van der Waals surface area contributed by atoms with Crippen LogP contribution in [-0.2, 0) is 4.74 Å². The van der Waals surface area contributed by atoms with E-state index in [1.54, 1.807) is 0 Å². The van der Waals surface area contributed by atoms with Crippen molar-refractivity contribution in [3.05, 3.63) is 11.6 Å². The van der Waals surface area contributed by atoms with Crippen molar-refractivity contribution in [3.63, 3.8) is 0 Å². The second kappa shape index (κ2) is 6.82. The number of hydrogen-bond donors (Lipinski definition) is 0. The molecule has 2 aliphatic rings. The van der Waals surface area contributed by atoms with E-state index in [2.05, 4.69) is 4.99 Å². The van der Waals surface area contributed by atoms with Gasteiger partial charge in [-0.15, -0.1) is 0 Å². The Kier molecular flexibility index (Phi) is 5.31. The SMILES string of the molecule is CC(C)(C)OC(=O)N1CCC2=CC(Cl)=NCCCC2CC1. The standard InChI is InChI=1S/C16H25ClN2O2/c1-16(2,3)21-15(20)19-9-6-12-5-4-8-18-14(17)11-13(12)7-10-19/h11-12H,4-10H2,1-3H3. The molecule has 5 heteroatoms. The van der Waals surface area contributed by atoms with E-state index in [-0.39, 0.29) is 6.09 Å². The van der Waals surface area contributed by atoms with Gasteiger partial charge in [-0.05, 0) is 58.4 Å². The summed E-state index contributed by atoms with van der Waals surface area (Å²) >= 11 is 6.12. The van der Waals surface area contributed by atoms with E-state index in [9.17, 15) is 4.79 Å². The fourth-order valence-corrected chi connectivity index (χ4v) is 3.05. The number of carbonyl (C=O) groups is 1. The maximum Gasteiger partial charge on any atom is 0.410 e. The van der Waals surface area contributed by atoms with Gasteiger partial charge >= 0.3 is 6.09 Å². The van der Waals surface area contributed by atoms with E-state index >= 15 is 0 Å². The van der Waals surface area contributed by atoms with Crippen LogP contribution in [0.2, 0.25) is 0 Å². The number of nitrogens with zero attached hydrogens (tertiary/aromatic N) is 2. The number of amides is 1. The van der Waals surface area contributed by atoms with Gasteiger partial charge in [0.15, 0.2) is 0 Å². The number of halogens is 1. The van der Waals surface area contributed by atoms with Crippen LogP contribution in [0.5, 0.6) is 0 Å². The number of ether oxygens (including phenoxy) is 1. The molecular formula is C16H25ClN2O2. The summed E-state index contributed by atoms with van der Waals surface area (Å²) in [7, 11) is 0. The summed E-state index contributed by atoms with van der Waals surface area (Å²) < 4.78 is 5.47. The Labute approximate surface area is 132 Å². The first-order valence-corrected chi connectivity index (χ1v) is 8.11. The predicted molar refractivity (Wildman–Crippen MR) is 86.0 cm³/mol. The lowest BCUT2D eigenvalue weighted by atomic mass is 9.89. The summed E-state index contributed by atoms with van der Waals surface area (Å²) in [5.74, 6) is 0.515. The minimum absolute atomic E-state index is 0.211. The van der Waals surface area contributed by atoms with Crippen LogP contribution in [-0.4, -0.2) is 41.4 Å². The summed E-state index contributed by atoms with van der Waals surface area (Å²) in [6.45, 7) is 7.95. The van der Waals surface area contributed by atoms with Gasteiger partial charge in [0.25, 0.3) is 0 Å². The Balaban J connectivity index is 2.04. The van der Waals surface area contributed by atoms with Gasteiger partial charge < -0.3 is 9.64 Å². The minimum Gasteiger partial charge on any atom is -0.444 e. The smallest absolute Gasteiger partial charge is 0.410 e. The van der Waals surface area contributed by atoms with Gasteiger partial charge in [0.1, 0.15) is 10.8 Å². The first kappa shape index (κ1) is 16.3. The maximum atomic E-state index is 12.2. The topological polar surface area (TPSA) is 41.9 Å². The van der Waals surface area contributed by atoms with Crippen molar-refractivity contribution in [2.45, 2.75) is 52.1 Å². The lowest BCUT2D eigenvalue weighted by molar-refractivity contribution is 0.0255. The summed E-state index contributed by atoms with van der Waals surface area (Å²) in [4.78, 5) is 18.3. The van der Waals surface area contributed by atoms with Crippen molar-refractivity contribution < 1.29 is 9.53 Å². The molecule has 0 saturated carbocycles. The zero-order valence-corrected chi connectivity index (χ0v) is 13.9. The van der Waals surface area contributed by atoms with Crippen molar-refractivity contribution in [2.24, 2.45) is 10.9 Å². The third-order valence-corrected chi connectivity index (χ3v) is 4.10. The van der Waals surface area contributed by atoms with E-state index in [0.29, 0.717) is 17.6 Å². The number of likely N-dealkylation sites (tertiary alicyclic amines) is 1. The van der Waals surface area contributed by atoms with Gasteiger partial charge in [-0.1, -0.05) is 17.2 Å². The molecular weight excluding hydrogens is 288 g/mol. The van der Waals surface area contributed by atoms with Crippen molar-refractivity contribution in [1.82, 2.24) is 4.90 Å². The second-order valence-electron chi connectivity index (χ2n) is 6.77. The highest BCUT2D eigenvalue weighted by Crippen LogP contribution is 2.29. The molecule has 118 valence electrons. The maximum absolute atomic E-state index is 12.2. The molecule has 21 heavy (non-hydrogen) atoms. The van der Waals surface area contributed by atoms with Gasteiger partial charge in [0.05, 0.1) is 0 Å². The normalized spacial score (nSPS) is 24.0. The molecule has 0 N–H and O–H groups in total. The van der Waals surface area contributed by atoms with Crippen LogP contribution in [0.1, 0.15) is 46.5 Å². The zero-order chi connectivity index (χ0) is 15.5. The first-order chi connectivity index (χ1) is 9.85. The van der Waals surface area contributed by atoms with E-state index in [1.165, 1.54) is 5.57 Å². The van der Waals surface area contributed by atoms with Crippen LogP contribution in [0.4, 0.5) is 4.79 Å². The first-order valence-electron chi connectivity index (χ1n) is 7.73. The van der Waals surface area contributed by atoms with E-state index in [1.807, 2.05) is 31.7 Å². The van der Waals surface area contributed by atoms with Crippen molar-refractivity contribution in [2.75, 3.05) is 19.6 Å². The molecule has 0 aliphatic carbocycles. The molecule has 1 fully saturated rings. The van der Waals surface area contributed by atoms with Crippen LogP contribution < -0.4 is 0 Å². The highest BCUT2D eigenvalue weighted by Gasteiger charge is 2.27. The summed E-state index contributed by atoms with van der Waals surface area (Å²) in [5.41, 5.74) is 0.884. The van der Waals surface area contributed by atoms with E-state index in [0.717, 1.165) is 38.8 Å². The lowest BCUT2D eigenvalue weighted by Crippen LogP contribution is -2.37. The van der Waals surface area contributed by atoms with Gasteiger partial charge in [0.2, 0.25) is 0 Å². The highest BCUT2D eigenvalue weighted by atomic mass is 35.5. The zero-order valence-electron chi connectivity index (χ0n) is 13.2. The van der Waals surface area contributed by atoms with Crippen molar-refractivity contribution in [3.8, 4) is 0 Å². The lowest BCUT2D eigenvalue weighted by Gasteiger charge is -2.26. The molecule has 0 aromatic heterocycles. The average molecular weight is 313 g/mol. The van der Waals surface area contributed by atoms with Gasteiger partial charge in [-0.2, -0.15) is 0 Å². The van der Waals surface area contributed by atoms with Gasteiger partial charge in [-0.25, -0.2) is 4.79 Å². The number of allylic oxidation sites excluding steroid dienone is 1. The fourth-order valence-electron chi connectivity index (χ4n) is 2.83. The van der Waals surface area contributed by atoms with Crippen molar-refractivity contribution >= 4 is 22.9 Å². The highest BCUT2D eigenvalue weighted by molar-refractivity contribution is 6.68. The largest absolute Gasteiger partial charge is 0.444 e. The molecule has 2 rings (SSSR count). The Morgan fingerprint density at radius 2 is 2.14 bits per heavy atom. The number of carbonyl (C=O) groups excluding carboxylic acids is 1. The fraction of sp³-hybridized carbons (Fsp3) is 0.750. The molecule has 0 spiro atoms. The Bertz CT molecular complexity index is 452. The van der Waals surface area contributed by atoms with Crippen LogP contribution in [0.15, 0.2) is 16.6 Å². The molecule has 1 unspecified atom stereocenters. The number of fused-ring (bicyclic) bond motifs is 1.